The molecule has 1 heterocycles. The standard InChI is InChI=1S/C17H25N3O2S3/c1-6-7-24-16-18-20(17(23)25-16)11-19(3)10-13-9-15(22-5)14(21-4)8-12(13)2/h8-9H,6-7,10-11H2,1-5H3/p+1. The molecule has 0 spiro atoms. The number of rotatable bonds is 9. The van der Waals surface area contributed by atoms with E-state index in [4.69, 9.17) is 21.7 Å². The van der Waals surface area contributed by atoms with E-state index < -0.39 is 0 Å². The first-order valence-electron chi connectivity index (χ1n) is 8.22. The van der Waals surface area contributed by atoms with Crippen LogP contribution < -0.4 is 14.4 Å². The molecule has 0 saturated heterocycles. The van der Waals surface area contributed by atoms with Crippen LogP contribution in [0.3, 0.4) is 0 Å². The number of hydrogen-bond donors (Lipinski definition) is 1. The van der Waals surface area contributed by atoms with Crippen molar-refractivity contribution in [1.29, 1.82) is 0 Å². The Bertz CT molecular complexity index is 758. The minimum atomic E-state index is 0.746. The molecule has 0 aliphatic carbocycles. The van der Waals surface area contributed by atoms with Crippen LogP contribution in [-0.4, -0.2) is 36.8 Å². The van der Waals surface area contributed by atoms with Gasteiger partial charge in [0.25, 0.3) is 0 Å². The van der Waals surface area contributed by atoms with Crippen LogP contribution in [0.25, 0.3) is 0 Å². The smallest absolute Gasteiger partial charge is 0.185 e. The van der Waals surface area contributed by atoms with E-state index in [2.05, 4.69) is 32.1 Å². The number of aryl methyl sites for hydroxylation is 1. The molecule has 1 aromatic carbocycles. The van der Waals surface area contributed by atoms with Gasteiger partial charge in [-0.15, -0.1) is 5.10 Å². The Balaban J connectivity index is 2.09. The van der Waals surface area contributed by atoms with Gasteiger partial charge in [0.1, 0.15) is 6.54 Å². The minimum Gasteiger partial charge on any atom is -0.493 e. The van der Waals surface area contributed by atoms with E-state index in [0.29, 0.717) is 0 Å². The third kappa shape index (κ3) is 5.44. The van der Waals surface area contributed by atoms with Gasteiger partial charge in [0.15, 0.2) is 26.5 Å². The van der Waals surface area contributed by atoms with Gasteiger partial charge in [-0.25, -0.2) is 0 Å². The summed E-state index contributed by atoms with van der Waals surface area (Å²) in [5, 5.41) is 4.64. The maximum absolute atomic E-state index is 5.46. The Labute approximate surface area is 162 Å². The first kappa shape index (κ1) is 20.2. The number of benzene rings is 1. The van der Waals surface area contributed by atoms with Gasteiger partial charge in [-0.05, 0) is 43.3 Å². The zero-order valence-electron chi connectivity index (χ0n) is 15.4. The summed E-state index contributed by atoms with van der Waals surface area (Å²) in [6.07, 6.45) is 1.14. The second kappa shape index (κ2) is 9.56. The van der Waals surface area contributed by atoms with Crippen molar-refractivity contribution in [3.63, 3.8) is 0 Å². The normalized spacial score (nSPS) is 12.2. The number of aromatic nitrogens is 2. The van der Waals surface area contributed by atoms with E-state index in [1.807, 2.05) is 10.7 Å². The predicted octanol–water partition coefficient (Wildman–Crippen LogP) is 3.17. The van der Waals surface area contributed by atoms with Gasteiger partial charge in [0.2, 0.25) is 0 Å². The minimum absolute atomic E-state index is 0.746. The lowest BCUT2D eigenvalue weighted by molar-refractivity contribution is -0.917. The SMILES string of the molecule is CCCSc1nn(C[NH+](C)Cc2cc(OC)c(OC)cc2C)c(=S)s1. The molecule has 5 nitrogen and oxygen atoms in total. The molecule has 0 bridgehead atoms. The van der Waals surface area contributed by atoms with Crippen LogP contribution in [0.5, 0.6) is 11.5 Å². The molecule has 1 unspecified atom stereocenters. The molecule has 0 fully saturated rings. The molecule has 0 amide bonds. The molecular formula is C17H26N3O2S3+. The maximum Gasteiger partial charge on any atom is 0.185 e. The summed E-state index contributed by atoms with van der Waals surface area (Å²) in [4.78, 5) is 1.31. The lowest BCUT2D eigenvalue weighted by Gasteiger charge is -2.17. The Kier molecular flexibility index (Phi) is 7.74. The Hall–Kier alpha value is -1.09. The lowest BCUT2D eigenvalue weighted by atomic mass is 10.1. The highest BCUT2D eigenvalue weighted by molar-refractivity contribution is 8.01. The number of nitrogens with zero attached hydrogens (tertiary/aromatic N) is 2. The molecule has 0 aliphatic rings. The molecule has 1 atom stereocenters. The number of nitrogens with one attached hydrogen (secondary N) is 1. The molecule has 2 aromatic rings. The number of quaternary nitrogens is 1. The van der Waals surface area contributed by atoms with Gasteiger partial charge in [-0.1, -0.05) is 30.0 Å². The maximum atomic E-state index is 5.46. The predicted molar refractivity (Wildman–Crippen MR) is 107 cm³/mol. The summed E-state index contributed by atoms with van der Waals surface area (Å²) < 4.78 is 14.6. The molecule has 138 valence electrons. The zero-order valence-corrected chi connectivity index (χ0v) is 17.9. The van der Waals surface area contributed by atoms with Crippen molar-refractivity contribution in [3.05, 3.63) is 27.2 Å². The van der Waals surface area contributed by atoms with Gasteiger partial charge < -0.3 is 14.4 Å². The highest BCUT2D eigenvalue weighted by atomic mass is 32.2. The second-order valence-electron chi connectivity index (χ2n) is 5.91. The van der Waals surface area contributed by atoms with Crippen molar-refractivity contribution in [3.8, 4) is 11.5 Å². The van der Waals surface area contributed by atoms with Gasteiger partial charge in [0, 0.05) is 11.3 Å². The van der Waals surface area contributed by atoms with Crippen LogP contribution in [0.1, 0.15) is 24.5 Å². The van der Waals surface area contributed by atoms with Gasteiger partial charge in [-0.2, -0.15) is 4.68 Å². The summed E-state index contributed by atoms with van der Waals surface area (Å²) in [5.41, 5.74) is 2.43. The van der Waals surface area contributed by atoms with Crippen LogP contribution in [-0.2, 0) is 13.2 Å². The largest absolute Gasteiger partial charge is 0.493 e. The van der Waals surface area contributed by atoms with Crippen LogP contribution in [0.4, 0.5) is 0 Å². The fourth-order valence-corrected chi connectivity index (χ4v) is 4.74. The molecule has 25 heavy (non-hydrogen) atoms. The van der Waals surface area contributed by atoms with E-state index in [-0.39, 0.29) is 0 Å². The van der Waals surface area contributed by atoms with Gasteiger partial charge in [-0.3, -0.25) is 0 Å². The van der Waals surface area contributed by atoms with Crippen molar-refractivity contribution in [2.24, 2.45) is 0 Å². The zero-order chi connectivity index (χ0) is 18.4. The van der Waals surface area contributed by atoms with Gasteiger partial charge >= 0.3 is 0 Å². The lowest BCUT2D eigenvalue weighted by Crippen LogP contribution is -3.07. The second-order valence-corrected chi connectivity index (χ2v) is 8.87. The molecular weight excluding hydrogens is 374 g/mol. The summed E-state index contributed by atoms with van der Waals surface area (Å²) in [6.45, 7) is 5.88. The molecule has 2 rings (SSSR count). The first-order chi connectivity index (χ1) is 12.0. The molecule has 1 aromatic heterocycles. The molecule has 0 aliphatic heterocycles. The van der Waals surface area contributed by atoms with Crippen molar-refractivity contribution >= 4 is 35.3 Å². The Morgan fingerprint density at radius 3 is 2.60 bits per heavy atom. The third-order valence-electron chi connectivity index (χ3n) is 3.77. The Morgan fingerprint density at radius 1 is 1.28 bits per heavy atom. The van der Waals surface area contributed by atoms with Crippen LogP contribution >= 0.6 is 35.3 Å². The first-order valence-corrected chi connectivity index (χ1v) is 10.4. The highest BCUT2D eigenvalue weighted by Crippen LogP contribution is 2.30. The molecule has 1 N–H and O–H groups in total. The summed E-state index contributed by atoms with van der Waals surface area (Å²) >= 11 is 8.83. The topological polar surface area (TPSA) is 40.7 Å². The fourth-order valence-electron chi connectivity index (χ4n) is 2.48. The van der Waals surface area contributed by atoms with Crippen molar-refractivity contribution in [1.82, 2.24) is 9.78 Å². The number of thioether (sulfide) groups is 1. The number of ether oxygens (including phenoxy) is 2. The molecule has 0 radical (unpaired) electrons. The van der Waals surface area contributed by atoms with Crippen molar-refractivity contribution < 1.29 is 14.4 Å². The highest BCUT2D eigenvalue weighted by Gasteiger charge is 2.14. The van der Waals surface area contributed by atoms with Crippen molar-refractivity contribution in [2.75, 3.05) is 27.0 Å². The average Bonchev–Trinajstić information content (AvgIpc) is 2.93. The Morgan fingerprint density at radius 2 is 1.96 bits per heavy atom. The summed E-state index contributed by atoms with van der Waals surface area (Å²) in [6, 6.07) is 4.08. The summed E-state index contributed by atoms with van der Waals surface area (Å²) in [7, 11) is 5.47. The van der Waals surface area contributed by atoms with E-state index in [1.165, 1.54) is 16.0 Å². The number of methoxy groups -OCH3 is 2. The average molecular weight is 401 g/mol. The molecule has 0 saturated carbocycles. The van der Waals surface area contributed by atoms with Crippen LogP contribution in [0.15, 0.2) is 16.5 Å². The monoisotopic (exact) mass is 400 g/mol. The number of hydrogen-bond acceptors (Lipinski definition) is 6. The van der Waals surface area contributed by atoms with Crippen molar-refractivity contribution in [2.45, 2.75) is 37.8 Å². The van der Waals surface area contributed by atoms with Crippen LogP contribution in [0.2, 0.25) is 0 Å². The van der Waals surface area contributed by atoms with E-state index in [1.54, 1.807) is 37.3 Å². The fraction of sp³-hybridized carbons (Fsp3) is 0.529. The summed E-state index contributed by atoms with van der Waals surface area (Å²) in [5.74, 6) is 2.61. The van der Waals surface area contributed by atoms with E-state index >= 15 is 0 Å². The van der Waals surface area contributed by atoms with Crippen LogP contribution in [0, 0.1) is 10.9 Å². The van der Waals surface area contributed by atoms with E-state index in [0.717, 1.165) is 45.2 Å². The van der Waals surface area contributed by atoms with Gasteiger partial charge in [0.05, 0.1) is 21.3 Å². The van der Waals surface area contributed by atoms with E-state index in [9.17, 15) is 0 Å². The third-order valence-corrected chi connectivity index (χ3v) is 6.42. The quantitative estimate of drug-likeness (QED) is 0.517. The molecule has 8 heteroatoms.